The zero-order valence-corrected chi connectivity index (χ0v) is 18.8. The van der Waals surface area contributed by atoms with Crippen molar-refractivity contribution in [1.29, 1.82) is 0 Å². The number of thioether (sulfide) groups is 1. The summed E-state index contributed by atoms with van der Waals surface area (Å²) in [5.74, 6) is -3.44. The molecule has 2 aromatic rings. The molecule has 0 aliphatic carbocycles. The summed E-state index contributed by atoms with van der Waals surface area (Å²) in [6, 6.07) is 12.2. The van der Waals surface area contributed by atoms with E-state index in [4.69, 9.17) is 17.0 Å². The van der Waals surface area contributed by atoms with E-state index in [-0.39, 0.29) is 24.6 Å². The fraction of sp³-hybridized carbons (Fsp3) is 0.130. The zero-order chi connectivity index (χ0) is 23.8. The minimum absolute atomic E-state index is 0.0105. The summed E-state index contributed by atoms with van der Waals surface area (Å²) in [5, 5.41) is 2.12. The first-order valence-corrected chi connectivity index (χ1v) is 10.9. The molecule has 6 nitrogen and oxygen atoms in total. The average molecular weight is 489 g/mol. The summed E-state index contributed by atoms with van der Waals surface area (Å²) in [6.07, 6.45) is 5.06. The monoisotopic (exact) mass is 488 g/mol. The Bertz CT molecular complexity index is 1140. The van der Waals surface area contributed by atoms with Gasteiger partial charge in [-0.3, -0.25) is 19.3 Å². The fourth-order valence-electron chi connectivity index (χ4n) is 2.72. The highest BCUT2D eigenvalue weighted by Gasteiger charge is 2.31. The van der Waals surface area contributed by atoms with Gasteiger partial charge in [0.2, 0.25) is 0 Å². The number of halogens is 2. The molecule has 3 rings (SSSR count). The van der Waals surface area contributed by atoms with Crippen molar-refractivity contribution >= 4 is 57.8 Å². The van der Waals surface area contributed by atoms with Crippen LogP contribution >= 0.6 is 24.0 Å². The lowest BCUT2D eigenvalue weighted by atomic mass is 10.2. The fourth-order valence-corrected chi connectivity index (χ4v) is 3.98. The Hall–Kier alpha value is -3.37. The van der Waals surface area contributed by atoms with E-state index in [1.807, 2.05) is 36.4 Å². The van der Waals surface area contributed by atoms with Crippen molar-refractivity contribution in [3.8, 4) is 0 Å². The van der Waals surface area contributed by atoms with E-state index in [0.717, 1.165) is 35.5 Å². The second kappa shape index (κ2) is 11.5. The largest absolute Gasteiger partial charge is 0.456 e. The molecular formula is C23H18F2N2O4S2. The maximum absolute atomic E-state index is 13.5. The Morgan fingerprint density at radius 1 is 1.15 bits per heavy atom. The summed E-state index contributed by atoms with van der Waals surface area (Å²) in [5.41, 5.74) is 0.623. The van der Waals surface area contributed by atoms with Gasteiger partial charge in [0.1, 0.15) is 16.0 Å². The molecule has 1 fully saturated rings. The first kappa shape index (κ1) is 24.3. The van der Waals surface area contributed by atoms with Gasteiger partial charge in [-0.2, -0.15) is 0 Å². The molecule has 2 aromatic carbocycles. The number of allylic oxidation sites excluding steroid dienone is 2. The third-order valence-electron chi connectivity index (χ3n) is 4.32. The molecule has 10 heteroatoms. The number of nitrogens with zero attached hydrogens (tertiary/aromatic N) is 1. The van der Waals surface area contributed by atoms with Crippen molar-refractivity contribution in [3.63, 3.8) is 0 Å². The highest BCUT2D eigenvalue weighted by atomic mass is 32.2. The number of anilines is 1. The average Bonchev–Trinajstić information content (AvgIpc) is 3.06. The van der Waals surface area contributed by atoms with Gasteiger partial charge in [0.15, 0.2) is 6.61 Å². The number of esters is 1. The Balaban J connectivity index is 1.45. The molecule has 2 amide bonds. The SMILES string of the molecule is O=C(COC(=O)CCN1C(=O)/C(=C/C=C/c2ccccc2)SC1=S)Nc1cc(F)ccc1F. The third kappa shape index (κ3) is 7.06. The molecule has 0 spiro atoms. The van der Waals surface area contributed by atoms with E-state index in [2.05, 4.69) is 5.32 Å². The number of hydrogen-bond acceptors (Lipinski definition) is 6. The van der Waals surface area contributed by atoms with Crippen molar-refractivity contribution in [2.24, 2.45) is 0 Å². The smallest absolute Gasteiger partial charge is 0.308 e. The van der Waals surface area contributed by atoms with E-state index in [0.29, 0.717) is 9.23 Å². The normalized spacial score (nSPS) is 14.8. The molecule has 1 heterocycles. The molecule has 0 radical (unpaired) electrons. The first-order chi connectivity index (χ1) is 15.8. The molecule has 170 valence electrons. The number of ether oxygens (including phenoxy) is 1. The van der Waals surface area contributed by atoms with Gasteiger partial charge in [0.05, 0.1) is 17.0 Å². The van der Waals surface area contributed by atoms with Crippen LogP contribution in [0.5, 0.6) is 0 Å². The molecule has 0 atom stereocenters. The minimum Gasteiger partial charge on any atom is -0.456 e. The number of hydrogen-bond donors (Lipinski definition) is 1. The van der Waals surface area contributed by atoms with Gasteiger partial charge in [-0.1, -0.05) is 66.5 Å². The number of benzene rings is 2. The summed E-state index contributed by atoms with van der Waals surface area (Å²) in [4.78, 5) is 38.0. The van der Waals surface area contributed by atoms with Gasteiger partial charge in [0, 0.05) is 12.6 Å². The van der Waals surface area contributed by atoms with Crippen molar-refractivity contribution < 1.29 is 27.9 Å². The molecule has 33 heavy (non-hydrogen) atoms. The van der Waals surface area contributed by atoms with Crippen molar-refractivity contribution in [2.75, 3.05) is 18.5 Å². The van der Waals surface area contributed by atoms with Crippen molar-refractivity contribution in [2.45, 2.75) is 6.42 Å². The van der Waals surface area contributed by atoms with E-state index in [1.54, 1.807) is 12.2 Å². The molecule has 0 unspecified atom stereocenters. The topological polar surface area (TPSA) is 75.7 Å². The molecule has 0 aromatic heterocycles. The van der Waals surface area contributed by atoms with Crippen molar-refractivity contribution in [1.82, 2.24) is 4.90 Å². The van der Waals surface area contributed by atoms with E-state index in [9.17, 15) is 23.2 Å². The highest BCUT2D eigenvalue weighted by Crippen LogP contribution is 2.31. The predicted molar refractivity (Wildman–Crippen MR) is 126 cm³/mol. The van der Waals surface area contributed by atoms with Crippen LogP contribution in [0.4, 0.5) is 14.5 Å². The molecule has 1 aliphatic heterocycles. The van der Waals surface area contributed by atoms with Crippen LogP contribution in [0.2, 0.25) is 0 Å². The molecule has 1 N–H and O–H groups in total. The molecular weight excluding hydrogens is 470 g/mol. The van der Waals surface area contributed by atoms with Gasteiger partial charge in [-0.15, -0.1) is 0 Å². The van der Waals surface area contributed by atoms with Crippen LogP contribution in [0.15, 0.2) is 65.6 Å². The van der Waals surface area contributed by atoms with Crippen molar-refractivity contribution in [3.05, 3.63) is 82.8 Å². The number of nitrogens with one attached hydrogen (secondary N) is 1. The molecule has 1 saturated heterocycles. The molecule has 1 aliphatic rings. The summed E-state index contributed by atoms with van der Waals surface area (Å²) in [7, 11) is 0. The standard InChI is InChI=1S/C23H18F2N2O4S2/c24-16-9-10-17(25)18(13-16)26-20(28)14-31-21(29)11-12-27-22(30)19(33-23(27)32)8-4-7-15-5-2-1-3-6-15/h1-10,13H,11-12,14H2,(H,26,28)/b7-4+,19-8-. The Kier molecular flexibility index (Phi) is 8.45. The first-order valence-electron chi connectivity index (χ1n) is 9.71. The van der Waals surface area contributed by atoms with Gasteiger partial charge < -0.3 is 10.1 Å². The van der Waals surface area contributed by atoms with E-state index < -0.39 is 30.1 Å². The summed E-state index contributed by atoms with van der Waals surface area (Å²) in [6.45, 7) is -0.694. The summed E-state index contributed by atoms with van der Waals surface area (Å²) >= 11 is 6.34. The maximum Gasteiger partial charge on any atom is 0.308 e. The maximum atomic E-state index is 13.5. The van der Waals surface area contributed by atoms with Crippen LogP contribution < -0.4 is 5.32 Å². The lowest BCUT2D eigenvalue weighted by molar-refractivity contribution is -0.147. The van der Waals surface area contributed by atoms with Crippen LogP contribution in [0.3, 0.4) is 0 Å². The Labute approximate surface area is 198 Å². The predicted octanol–water partition coefficient (Wildman–Crippen LogP) is 4.29. The van der Waals surface area contributed by atoms with Crippen LogP contribution in [-0.2, 0) is 19.1 Å². The molecule has 0 saturated carbocycles. The Morgan fingerprint density at radius 2 is 1.91 bits per heavy atom. The number of carbonyl (C=O) groups is 3. The van der Waals surface area contributed by atoms with Gasteiger partial charge in [0.25, 0.3) is 11.8 Å². The highest BCUT2D eigenvalue weighted by molar-refractivity contribution is 8.26. The van der Waals surface area contributed by atoms with Crippen LogP contribution in [0, 0.1) is 11.6 Å². The molecule has 0 bridgehead atoms. The summed E-state index contributed by atoms with van der Waals surface area (Å²) < 4.78 is 31.8. The quantitative estimate of drug-likeness (QED) is 0.339. The number of rotatable bonds is 8. The lowest BCUT2D eigenvalue weighted by Crippen LogP contribution is -2.31. The van der Waals surface area contributed by atoms with Gasteiger partial charge >= 0.3 is 5.97 Å². The van der Waals surface area contributed by atoms with Gasteiger partial charge in [-0.25, -0.2) is 8.78 Å². The zero-order valence-electron chi connectivity index (χ0n) is 17.1. The second-order valence-corrected chi connectivity index (χ2v) is 8.38. The van der Waals surface area contributed by atoms with Crippen LogP contribution in [0.25, 0.3) is 6.08 Å². The van der Waals surface area contributed by atoms with Gasteiger partial charge in [-0.05, 0) is 23.8 Å². The number of thiocarbonyl (C=S) groups is 1. The lowest BCUT2D eigenvalue weighted by Gasteiger charge is -2.13. The van der Waals surface area contributed by atoms with Crippen LogP contribution in [-0.4, -0.2) is 40.2 Å². The van der Waals surface area contributed by atoms with E-state index in [1.165, 1.54) is 4.90 Å². The van der Waals surface area contributed by atoms with Crippen LogP contribution in [0.1, 0.15) is 12.0 Å². The Morgan fingerprint density at radius 3 is 2.67 bits per heavy atom. The third-order valence-corrected chi connectivity index (χ3v) is 5.71. The minimum atomic E-state index is -0.827. The number of carbonyl (C=O) groups excluding carboxylic acids is 3. The number of amides is 2. The second-order valence-electron chi connectivity index (χ2n) is 6.71. The van der Waals surface area contributed by atoms with E-state index >= 15 is 0 Å².